The van der Waals surface area contributed by atoms with Gasteiger partial charge >= 0.3 is 5.97 Å². The molecule has 0 aromatic carbocycles. The Hall–Kier alpha value is -0.360. The van der Waals surface area contributed by atoms with Crippen molar-refractivity contribution in [3.63, 3.8) is 0 Å². The normalized spacial score (nSPS) is 13.5. The predicted octanol–water partition coefficient (Wildman–Crippen LogP) is 0.371. The Balaban J connectivity index is 6.26. The van der Waals surface area contributed by atoms with Crippen molar-refractivity contribution in [3.8, 4) is 0 Å². The van der Waals surface area contributed by atoms with Crippen molar-refractivity contribution in [1.82, 2.24) is 0 Å². The van der Waals surface area contributed by atoms with Crippen molar-refractivity contribution in [2.45, 2.75) is 46.6 Å². The van der Waals surface area contributed by atoms with Gasteiger partial charge in [-0.15, -0.1) is 0 Å². The summed E-state index contributed by atoms with van der Waals surface area (Å²) in [5, 5.41) is 31.1. The van der Waals surface area contributed by atoms with Crippen LogP contribution in [0.1, 0.15) is 34.6 Å². The monoisotopic (exact) mass is 356 g/mol. The zero-order chi connectivity index (χ0) is 18.7. The van der Waals surface area contributed by atoms with Gasteiger partial charge in [-0.3, -0.25) is 0 Å². The molecule has 9 nitrogen and oxygen atoms in total. The lowest BCUT2D eigenvalue weighted by molar-refractivity contribution is -0.583. The molecule has 0 bridgehead atoms. The van der Waals surface area contributed by atoms with E-state index in [1.807, 2.05) is 0 Å². The van der Waals surface area contributed by atoms with E-state index < -0.39 is 30.6 Å². The van der Waals surface area contributed by atoms with Gasteiger partial charge in [-0.2, -0.15) is 4.89 Å². The molecule has 0 aliphatic heterocycles. The van der Waals surface area contributed by atoms with Crippen molar-refractivity contribution < 1.29 is 44.0 Å². The van der Waals surface area contributed by atoms with E-state index in [1.165, 1.54) is 0 Å². The summed E-state index contributed by atoms with van der Waals surface area (Å²) in [4.78, 5) is 10.2. The fourth-order valence-corrected chi connectivity index (χ4v) is 2.31. The molecule has 0 aliphatic carbocycles. The Bertz CT molecular complexity index is 308. The van der Waals surface area contributed by atoms with Crippen LogP contribution < -0.4 is 0 Å². The summed E-state index contributed by atoms with van der Waals surface area (Å²) in [6.45, 7) is 6.88. The third kappa shape index (κ3) is 4.63. The lowest BCUT2D eigenvalue weighted by Gasteiger charge is -2.51. The first-order valence-electron chi connectivity index (χ1n) is 8.23. The predicted molar refractivity (Wildman–Crippen MR) is 83.5 cm³/mol. The number of aliphatic hydroxyl groups is 3. The SMILES string of the molecule is CCOOC(OCC)(OCC)C(CO)(CO)C(O)(OCC)OCC. The molecule has 0 radical (unpaired) electrons. The van der Waals surface area contributed by atoms with Crippen molar-refractivity contribution >= 4 is 0 Å². The number of hydrogen-bond donors (Lipinski definition) is 3. The molecule has 146 valence electrons. The molecule has 24 heavy (non-hydrogen) atoms. The fraction of sp³-hybridized carbons (Fsp3) is 1.00. The highest BCUT2D eigenvalue weighted by atomic mass is 17.3. The number of aliphatic hydroxyl groups excluding tert-OH is 2. The van der Waals surface area contributed by atoms with Crippen molar-refractivity contribution in [2.24, 2.45) is 5.41 Å². The summed E-state index contributed by atoms with van der Waals surface area (Å²) in [5.41, 5.74) is -2.06. The van der Waals surface area contributed by atoms with Crippen LogP contribution in [0.3, 0.4) is 0 Å². The smallest absolute Gasteiger partial charge is 0.330 e. The van der Waals surface area contributed by atoms with E-state index in [0.717, 1.165) is 0 Å². The maximum atomic E-state index is 10.9. The van der Waals surface area contributed by atoms with Gasteiger partial charge < -0.3 is 34.3 Å². The molecular weight excluding hydrogens is 324 g/mol. The standard InChI is InChI=1S/C15H32O9/c1-6-19-14(18,20-7-2)13(11-16,12-17)15(21-8-3,22-9-4)24-23-10-5/h16-18H,6-12H2,1-5H3. The van der Waals surface area contributed by atoms with Crippen LogP contribution in [0.5, 0.6) is 0 Å². The fourth-order valence-electron chi connectivity index (χ4n) is 2.31. The largest absolute Gasteiger partial charge is 0.395 e. The molecule has 0 atom stereocenters. The molecule has 0 unspecified atom stereocenters. The summed E-state index contributed by atoms with van der Waals surface area (Å²) in [5.74, 6) is -4.63. The highest BCUT2D eigenvalue weighted by Crippen LogP contribution is 2.47. The van der Waals surface area contributed by atoms with Gasteiger partial charge in [0.2, 0.25) is 0 Å². The van der Waals surface area contributed by atoms with Crippen molar-refractivity contribution in [1.29, 1.82) is 0 Å². The summed E-state index contributed by atoms with van der Waals surface area (Å²) >= 11 is 0. The highest BCUT2D eigenvalue weighted by Gasteiger charge is 2.70. The lowest BCUT2D eigenvalue weighted by atomic mass is 9.82. The van der Waals surface area contributed by atoms with E-state index in [4.69, 9.17) is 28.7 Å². The second kappa shape index (κ2) is 11.3. The van der Waals surface area contributed by atoms with E-state index >= 15 is 0 Å². The van der Waals surface area contributed by atoms with Crippen LogP contribution >= 0.6 is 0 Å². The molecule has 0 saturated carbocycles. The van der Waals surface area contributed by atoms with Crippen LogP contribution in [-0.2, 0) is 28.7 Å². The van der Waals surface area contributed by atoms with Crippen LogP contribution in [-0.4, -0.2) is 73.5 Å². The zero-order valence-corrected chi connectivity index (χ0v) is 15.2. The second-order valence-corrected chi connectivity index (χ2v) is 4.76. The summed E-state index contributed by atoms with van der Waals surface area (Å²) in [6, 6.07) is 0. The Morgan fingerprint density at radius 2 is 1.08 bits per heavy atom. The molecule has 9 heteroatoms. The van der Waals surface area contributed by atoms with Crippen LogP contribution in [0.25, 0.3) is 0 Å². The molecule has 0 heterocycles. The molecule has 3 N–H and O–H groups in total. The van der Waals surface area contributed by atoms with E-state index in [-0.39, 0.29) is 33.0 Å². The Labute approximate surface area is 143 Å². The van der Waals surface area contributed by atoms with E-state index in [1.54, 1.807) is 34.6 Å². The van der Waals surface area contributed by atoms with Gasteiger partial charge in [0.05, 0.1) is 19.8 Å². The van der Waals surface area contributed by atoms with Gasteiger partial charge in [0.15, 0.2) is 5.41 Å². The molecule has 0 aromatic rings. The highest BCUT2D eigenvalue weighted by molar-refractivity contribution is 4.95. The number of ether oxygens (including phenoxy) is 4. The Kier molecular flexibility index (Phi) is 11.1. The van der Waals surface area contributed by atoms with Gasteiger partial charge in [-0.1, -0.05) is 0 Å². The Morgan fingerprint density at radius 1 is 0.667 bits per heavy atom. The molecular formula is C15H32O9. The average Bonchev–Trinajstić information content (AvgIpc) is 2.55. The molecule has 0 saturated heterocycles. The molecule has 0 rings (SSSR count). The van der Waals surface area contributed by atoms with Crippen LogP contribution in [0, 0.1) is 5.41 Å². The molecule has 0 aliphatic rings. The Morgan fingerprint density at radius 3 is 1.38 bits per heavy atom. The first-order valence-corrected chi connectivity index (χ1v) is 8.23. The maximum absolute atomic E-state index is 10.9. The number of rotatable bonds is 15. The summed E-state index contributed by atoms with van der Waals surface area (Å²) in [6.07, 6.45) is 0. The molecule has 0 amide bonds. The first kappa shape index (κ1) is 23.6. The van der Waals surface area contributed by atoms with Crippen molar-refractivity contribution in [3.05, 3.63) is 0 Å². The first-order chi connectivity index (χ1) is 11.4. The van der Waals surface area contributed by atoms with Gasteiger partial charge in [0, 0.05) is 26.4 Å². The summed E-state index contributed by atoms with van der Waals surface area (Å²) in [7, 11) is 0. The van der Waals surface area contributed by atoms with Crippen LogP contribution in [0.4, 0.5) is 0 Å². The minimum absolute atomic E-state index is 0.0290. The topological polar surface area (TPSA) is 116 Å². The van der Waals surface area contributed by atoms with E-state index in [9.17, 15) is 15.3 Å². The van der Waals surface area contributed by atoms with Crippen molar-refractivity contribution in [2.75, 3.05) is 46.2 Å². The van der Waals surface area contributed by atoms with E-state index in [2.05, 4.69) is 0 Å². The van der Waals surface area contributed by atoms with Gasteiger partial charge in [-0.05, 0) is 34.6 Å². The van der Waals surface area contributed by atoms with Crippen LogP contribution in [0.15, 0.2) is 0 Å². The average molecular weight is 356 g/mol. The third-order valence-electron chi connectivity index (χ3n) is 3.37. The zero-order valence-electron chi connectivity index (χ0n) is 15.2. The number of hydrogen-bond acceptors (Lipinski definition) is 9. The molecule has 0 spiro atoms. The van der Waals surface area contributed by atoms with Crippen LogP contribution in [0.2, 0.25) is 0 Å². The lowest BCUT2D eigenvalue weighted by Crippen LogP contribution is -2.70. The summed E-state index contributed by atoms with van der Waals surface area (Å²) < 4.78 is 21.7. The maximum Gasteiger partial charge on any atom is 0.330 e. The minimum Gasteiger partial charge on any atom is -0.395 e. The second-order valence-electron chi connectivity index (χ2n) is 4.76. The van der Waals surface area contributed by atoms with Gasteiger partial charge in [0.25, 0.3) is 5.97 Å². The van der Waals surface area contributed by atoms with Gasteiger partial charge in [-0.25, -0.2) is 4.89 Å². The van der Waals surface area contributed by atoms with Gasteiger partial charge in [0.1, 0.15) is 0 Å². The molecule has 0 aromatic heterocycles. The third-order valence-corrected chi connectivity index (χ3v) is 3.37. The molecule has 0 fully saturated rings. The minimum atomic E-state index is -2.46. The van der Waals surface area contributed by atoms with E-state index in [0.29, 0.717) is 0 Å². The quantitative estimate of drug-likeness (QED) is 0.217.